The van der Waals surface area contributed by atoms with Gasteiger partial charge in [0.05, 0.1) is 11.0 Å². The van der Waals surface area contributed by atoms with Crippen molar-refractivity contribution < 1.29 is 38.8 Å². The number of carboxylic acid groups (broad SMARTS) is 1. The molecule has 0 aromatic heterocycles. The second-order valence-electron chi connectivity index (χ2n) is 11.2. The van der Waals surface area contributed by atoms with E-state index in [9.17, 15) is 19.8 Å². The van der Waals surface area contributed by atoms with Crippen molar-refractivity contribution in [2.24, 2.45) is 0 Å². The van der Waals surface area contributed by atoms with E-state index < -0.39 is 11.4 Å². The van der Waals surface area contributed by atoms with E-state index in [0.29, 0.717) is 28.6 Å². The zero-order valence-electron chi connectivity index (χ0n) is 26.3. The van der Waals surface area contributed by atoms with E-state index in [0.717, 1.165) is 33.4 Å². The van der Waals surface area contributed by atoms with Gasteiger partial charge >= 0.3 is 5.97 Å². The Kier molecular flexibility index (Phi) is 8.95. The molecule has 0 saturated carbocycles. The molecule has 0 radical (unpaired) electrons. The molecule has 0 atom stereocenters. The van der Waals surface area contributed by atoms with Crippen LogP contribution in [0.2, 0.25) is 0 Å². The summed E-state index contributed by atoms with van der Waals surface area (Å²) in [4.78, 5) is 30.5. The third-order valence-corrected chi connectivity index (χ3v) is 8.50. The second kappa shape index (κ2) is 13.6. The van der Waals surface area contributed by atoms with Gasteiger partial charge in [-0.15, -0.1) is 0 Å². The lowest BCUT2D eigenvalue weighted by Gasteiger charge is -2.34. The summed E-state index contributed by atoms with van der Waals surface area (Å²) < 4.78 is 17.4. The summed E-state index contributed by atoms with van der Waals surface area (Å²) >= 11 is 0. The summed E-state index contributed by atoms with van der Waals surface area (Å²) in [7, 11) is 0. The first-order chi connectivity index (χ1) is 23.9. The van der Waals surface area contributed by atoms with E-state index in [4.69, 9.17) is 19.0 Å². The van der Waals surface area contributed by atoms with Crippen LogP contribution in [-0.2, 0) is 15.0 Å². The maximum atomic E-state index is 11.6. The summed E-state index contributed by atoms with van der Waals surface area (Å²) in [5.74, 6) is 0.871. The van der Waals surface area contributed by atoms with Crippen molar-refractivity contribution in [2.45, 2.75) is 12.3 Å². The van der Waals surface area contributed by atoms with E-state index in [2.05, 4.69) is 36.4 Å². The molecule has 49 heavy (non-hydrogen) atoms. The zero-order valence-corrected chi connectivity index (χ0v) is 26.3. The number of carbonyl (C=O) groups excluding carboxylic acids is 2. The summed E-state index contributed by atoms with van der Waals surface area (Å²) in [5.41, 5.74) is 6.40. The van der Waals surface area contributed by atoms with Gasteiger partial charge in [-0.1, -0.05) is 72.8 Å². The largest absolute Gasteiger partial charge is 0.504 e. The number of hydrogen-bond acceptors (Lipinski definition) is 7. The van der Waals surface area contributed by atoms with Gasteiger partial charge in [0, 0.05) is 6.07 Å². The van der Waals surface area contributed by atoms with Crippen molar-refractivity contribution in [2.75, 3.05) is 0 Å². The fraction of sp³-hybridized carbons (Fsp3) is 0.0488. The lowest BCUT2D eigenvalue weighted by Crippen LogP contribution is -2.28. The molecule has 1 aliphatic carbocycles. The Morgan fingerprint density at radius 1 is 0.653 bits per heavy atom. The molecular formula is C41H30O8. The molecule has 6 aromatic carbocycles. The highest BCUT2D eigenvalue weighted by Gasteiger charge is 2.46. The van der Waals surface area contributed by atoms with E-state index >= 15 is 0 Å². The number of carbonyl (C=O) groups is 3. The number of aromatic carboxylic acids is 1. The van der Waals surface area contributed by atoms with Gasteiger partial charge < -0.3 is 29.2 Å². The Labute approximate surface area is 282 Å². The molecule has 0 aliphatic heterocycles. The number of ether oxygens (including phenoxy) is 3. The van der Waals surface area contributed by atoms with Crippen LogP contribution < -0.4 is 14.2 Å². The summed E-state index contributed by atoms with van der Waals surface area (Å²) in [5, 5.41) is 19.5. The maximum absolute atomic E-state index is 11.6. The molecule has 7 rings (SSSR count). The molecule has 8 nitrogen and oxygen atoms in total. The number of fused-ring (bicyclic) bond motifs is 3. The highest BCUT2D eigenvalue weighted by molar-refractivity contribution is 5.90. The normalized spacial score (nSPS) is 12.0. The minimum absolute atomic E-state index is 0.00964. The van der Waals surface area contributed by atoms with Crippen LogP contribution in [0.25, 0.3) is 11.1 Å². The number of hydrogen-bond donors (Lipinski definition) is 2. The lowest BCUT2D eigenvalue weighted by atomic mass is 9.68. The summed E-state index contributed by atoms with van der Waals surface area (Å²) in [6.07, 6.45) is 0. The second-order valence-corrected chi connectivity index (χ2v) is 11.2. The van der Waals surface area contributed by atoms with Crippen LogP contribution in [0.4, 0.5) is 0 Å². The zero-order chi connectivity index (χ0) is 34.5. The van der Waals surface area contributed by atoms with Crippen molar-refractivity contribution in [3.05, 3.63) is 167 Å². The molecule has 0 heterocycles. The molecule has 0 saturated heterocycles. The number of carboxylic acids is 1. The molecule has 6 aromatic rings. The van der Waals surface area contributed by atoms with Crippen molar-refractivity contribution >= 4 is 19.2 Å². The minimum atomic E-state index is -0.987. The predicted molar refractivity (Wildman–Crippen MR) is 184 cm³/mol. The van der Waals surface area contributed by atoms with Crippen molar-refractivity contribution in [1.29, 1.82) is 0 Å². The molecule has 0 fully saturated rings. The smallest absolute Gasteiger partial charge is 0.335 e. The average Bonchev–Trinajstić information content (AvgIpc) is 3.41. The van der Waals surface area contributed by atoms with Crippen LogP contribution in [0.5, 0.6) is 34.5 Å². The van der Waals surface area contributed by atoms with Crippen LogP contribution in [0.3, 0.4) is 0 Å². The number of benzene rings is 6. The summed E-state index contributed by atoms with van der Waals surface area (Å²) in [6, 6.07) is 42.1. The highest BCUT2D eigenvalue weighted by atomic mass is 16.5. The highest BCUT2D eigenvalue weighted by Crippen LogP contribution is 2.57. The topological polar surface area (TPSA) is 119 Å². The van der Waals surface area contributed by atoms with Crippen LogP contribution in [0.15, 0.2) is 133 Å². The van der Waals surface area contributed by atoms with Gasteiger partial charge in [-0.3, -0.25) is 4.79 Å². The molecule has 0 unspecified atom stereocenters. The van der Waals surface area contributed by atoms with Gasteiger partial charge in [0.25, 0.3) is 6.47 Å². The number of rotatable bonds is 9. The fourth-order valence-electron chi connectivity index (χ4n) is 6.50. The molecule has 242 valence electrons. The van der Waals surface area contributed by atoms with Gasteiger partial charge in [-0.25, -0.2) is 4.79 Å². The Hall–Kier alpha value is -6.67. The molecular weight excluding hydrogens is 620 g/mol. The third-order valence-electron chi connectivity index (χ3n) is 8.50. The fourth-order valence-corrected chi connectivity index (χ4v) is 6.50. The number of aryl methyl sites for hydroxylation is 1. The first-order valence-electron chi connectivity index (χ1n) is 15.2. The van der Waals surface area contributed by atoms with E-state index in [1.807, 2.05) is 67.5 Å². The molecule has 0 spiro atoms. The lowest BCUT2D eigenvalue weighted by molar-refractivity contribution is -0.120. The maximum Gasteiger partial charge on any atom is 0.335 e. The first-order valence-corrected chi connectivity index (χ1v) is 15.2. The van der Waals surface area contributed by atoms with Crippen LogP contribution in [-0.4, -0.2) is 29.4 Å². The van der Waals surface area contributed by atoms with Crippen LogP contribution in [0, 0.1) is 6.92 Å². The van der Waals surface area contributed by atoms with Crippen molar-refractivity contribution in [3.63, 3.8) is 0 Å². The van der Waals surface area contributed by atoms with Gasteiger partial charge in [0.15, 0.2) is 11.5 Å². The predicted octanol–water partition coefficient (Wildman–Crippen LogP) is 8.70. The number of aromatic hydroxyl groups is 1. The molecule has 1 aliphatic rings. The molecule has 0 amide bonds. The van der Waals surface area contributed by atoms with Crippen LogP contribution in [0.1, 0.15) is 38.2 Å². The Morgan fingerprint density at radius 3 is 1.61 bits per heavy atom. The standard InChI is InChI=1S/C40H28O7.CH2O/c1-25-20-28(12-16-32(25)39(43)44)46-29-13-17-35-33(21-29)34-22-30(47-31-15-19-37(42)38(23-31)45-24-41)14-18-36(34)40(35,26-8-4-2-5-9-26)27-10-6-3-7-11-27;1-2/h2-24,42H,1H3,(H,43,44);1H2. The Bertz CT molecular complexity index is 2120. The Balaban J connectivity index is 0.00000205. The van der Waals surface area contributed by atoms with Crippen molar-refractivity contribution in [3.8, 4) is 45.6 Å². The van der Waals surface area contributed by atoms with Gasteiger partial charge in [0.2, 0.25) is 0 Å². The minimum Gasteiger partial charge on any atom is -0.504 e. The van der Waals surface area contributed by atoms with Gasteiger partial charge in [-0.05, 0) is 100 Å². The van der Waals surface area contributed by atoms with Crippen molar-refractivity contribution in [1.82, 2.24) is 0 Å². The molecule has 2 N–H and O–H groups in total. The quantitative estimate of drug-likeness (QED) is 0.149. The average molecular weight is 651 g/mol. The third kappa shape index (κ3) is 5.87. The van der Waals surface area contributed by atoms with E-state index in [1.165, 1.54) is 12.1 Å². The monoisotopic (exact) mass is 650 g/mol. The van der Waals surface area contributed by atoms with Gasteiger partial charge in [0.1, 0.15) is 29.8 Å². The van der Waals surface area contributed by atoms with Crippen LogP contribution >= 0.6 is 0 Å². The molecule has 0 bridgehead atoms. The number of phenols is 1. The SMILES string of the molecule is C=O.Cc1cc(Oc2ccc3c(c2)-c2cc(Oc4ccc(O)c(OC=O)c4)ccc2C3(c2ccccc2)c2ccccc2)ccc1C(=O)O. The van der Waals surface area contributed by atoms with E-state index in [-0.39, 0.29) is 23.5 Å². The van der Waals surface area contributed by atoms with E-state index in [1.54, 1.807) is 31.2 Å². The summed E-state index contributed by atoms with van der Waals surface area (Å²) in [6.45, 7) is 3.99. The first kappa shape index (κ1) is 32.3. The van der Waals surface area contributed by atoms with Gasteiger partial charge in [-0.2, -0.15) is 0 Å². The Morgan fingerprint density at radius 2 is 1.12 bits per heavy atom. The number of phenolic OH excluding ortho intramolecular Hbond substituents is 1. The molecule has 8 heteroatoms.